The predicted octanol–water partition coefficient (Wildman–Crippen LogP) is 5.04. The van der Waals surface area contributed by atoms with Crippen molar-refractivity contribution in [2.75, 3.05) is 46.5 Å². The number of likely N-dealkylation sites (tertiary alicyclic amines) is 1. The number of aliphatic hydroxyl groups excluding tert-OH is 1. The summed E-state index contributed by atoms with van der Waals surface area (Å²) >= 11 is 0. The summed E-state index contributed by atoms with van der Waals surface area (Å²) in [5, 5.41) is 11.3. The molecular formula is C30H40N2O6. The molecule has 2 aromatic carbocycles. The van der Waals surface area contributed by atoms with E-state index in [2.05, 4.69) is 25.7 Å². The van der Waals surface area contributed by atoms with Gasteiger partial charge in [-0.15, -0.1) is 0 Å². The lowest BCUT2D eigenvalue weighted by Gasteiger charge is -2.28. The minimum atomic E-state index is -0.767. The van der Waals surface area contributed by atoms with Crippen LogP contribution >= 0.6 is 0 Å². The van der Waals surface area contributed by atoms with Gasteiger partial charge >= 0.3 is 0 Å². The molecule has 1 aliphatic heterocycles. The Balaban J connectivity index is 2.11. The smallest absolute Gasteiger partial charge is 0.295 e. The Labute approximate surface area is 225 Å². The van der Waals surface area contributed by atoms with Crippen LogP contribution < -0.4 is 14.2 Å². The Morgan fingerprint density at radius 2 is 1.68 bits per heavy atom. The average molecular weight is 525 g/mol. The fourth-order valence-electron chi connectivity index (χ4n) is 4.56. The second-order valence-electron chi connectivity index (χ2n) is 9.09. The van der Waals surface area contributed by atoms with Crippen LogP contribution in [0.5, 0.6) is 17.2 Å². The number of nitrogens with zero attached hydrogens (tertiary/aromatic N) is 2. The lowest BCUT2D eigenvalue weighted by Crippen LogP contribution is -2.38. The van der Waals surface area contributed by atoms with Gasteiger partial charge in [0.2, 0.25) is 0 Å². The molecule has 1 heterocycles. The van der Waals surface area contributed by atoms with E-state index in [0.29, 0.717) is 54.7 Å². The van der Waals surface area contributed by atoms with E-state index in [-0.39, 0.29) is 11.3 Å². The van der Waals surface area contributed by atoms with E-state index in [1.165, 1.54) is 0 Å². The molecule has 8 nitrogen and oxygen atoms in total. The standard InChI is InChI=1S/C30H40N2O6/c1-6-10-19-38-24-16-13-22(20-25(24)37-9-4)27-26(28(33)21-11-14-23(36-5)15-12-21)29(34)30(35)32(27)18-17-31(7-2)8-3/h11-16,20,27,33H,6-10,17-19H2,1-5H3. The maximum Gasteiger partial charge on any atom is 0.295 e. The van der Waals surface area contributed by atoms with Crippen LogP contribution in [0.15, 0.2) is 48.0 Å². The van der Waals surface area contributed by atoms with Gasteiger partial charge in [0.05, 0.1) is 31.9 Å². The van der Waals surface area contributed by atoms with Crippen LogP contribution in [0.2, 0.25) is 0 Å². The number of carbonyl (C=O) groups is 2. The Bertz CT molecular complexity index is 1120. The van der Waals surface area contributed by atoms with Crippen molar-refractivity contribution < 1.29 is 28.9 Å². The quantitative estimate of drug-likeness (QED) is 0.160. The van der Waals surface area contributed by atoms with Crippen molar-refractivity contribution in [1.29, 1.82) is 0 Å². The van der Waals surface area contributed by atoms with Gasteiger partial charge in [0.15, 0.2) is 11.5 Å². The van der Waals surface area contributed by atoms with Gasteiger partial charge in [-0.1, -0.05) is 33.3 Å². The summed E-state index contributed by atoms with van der Waals surface area (Å²) in [5.41, 5.74) is 1.16. The zero-order valence-electron chi connectivity index (χ0n) is 23.2. The molecule has 2 aromatic rings. The summed E-state index contributed by atoms with van der Waals surface area (Å²) in [7, 11) is 1.56. The van der Waals surface area contributed by atoms with E-state index < -0.39 is 17.7 Å². The van der Waals surface area contributed by atoms with Crippen molar-refractivity contribution in [3.8, 4) is 17.2 Å². The number of Topliss-reactive ketones (excluding diaryl/α,β-unsaturated/α-hetero) is 1. The van der Waals surface area contributed by atoms with Crippen LogP contribution in [-0.4, -0.2) is 73.1 Å². The van der Waals surface area contributed by atoms with E-state index in [9.17, 15) is 14.7 Å². The molecule has 1 atom stereocenters. The summed E-state index contributed by atoms with van der Waals surface area (Å²) in [5.74, 6) is 0.224. The van der Waals surface area contributed by atoms with Crippen molar-refractivity contribution in [2.45, 2.75) is 46.6 Å². The number of aliphatic hydroxyl groups is 1. The van der Waals surface area contributed by atoms with Crippen LogP contribution in [0.4, 0.5) is 0 Å². The summed E-state index contributed by atoms with van der Waals surface area (Å²) in [6.45, 7) is 11.7. The second-order valence-corrected chi connectivity index (χ2v) is 9.09. The topological polar surface area (TPSA) is 88.5 Å². The molecule has 38 heavy (non-hydrogen) atoms. The van der Waals surface area contributed by atoms with Gasteiger partial charge in [-0.3, -0.25) is 9.59 Å². The van der Waals surface area contributed by atoms with Crippen LogP contribution in [-0.2, 0) is 9.59 Å². The fourth-order valence-corrected chi connectivity index (χ4v) is 4.56. The summed E-state index contributed by atoms with van der Waals surface area (Å²) < 4.78 is 17.0. The van der Waals surface area contributed by atoms with E-state index in [0.717, 1.165) is 25.9 Å². The maximum absolute atomic E-state index is 13.4. The Hall–Kier alpha value is -3.52. The van der Waals surface area contributed by atoms with E-state index in [1.807, 2.05) is 25.1 Å². The fraction of sp³-hybridized carbons (Fsp3) is 0.467. The highest BCUT2D eigenvalue weighted by Crippen LogP contribution is 2.42. The second kappa shape index (κ2) is 13.9. The van der Waals surface area contributed by atoms with Crippen molar-refractivity contribution in [3.63, 3.8) is 0 Å². The van der Waals surface area contributed by atoms with Gasteiger partial charge in [-0.05, 0) is 68.4 Å². The maximum atomic E-state index is 13.4. The van der Waals surface area contributed by atoms with Gasteiger partial charge in [-0.2, -0.15) is 0 Å². The molecule has 1 amide bonds. The van der Waals surface area contributed by atoms with Gasteiger partial charge in [0.25, 0.3) is 11.7 Å². The first-order valence-corrected chi connectivity index (χ1v) is 13.4. The molecule has 0 saturated carbocycles. The third-order valence-electron chi connectivity index (χ3n) is 6.79. The first kappa shape index (κ1) is 29.0. The van der Waals surface area contributed by atoms with Gasteiger partial charge in [0.1, 0.15) is 11.5 Å². The Kier molecular flexibility index (Phi) is 10.6. The van der Waals surface area contributed by atoms with Crippen LogP contribution in [0.25, 0.3) is 5.76 Å². The van der Waals surface area contributed by atoms with E-state index >= 15 is 0 Å². The molecule has 0 bridgehead atoms. The highest BCUT2D eigenvalue weighted by Gasteiger charge is 2.46. The molecule has 1 N–H and O–H groups in total. The van der Waals surface area contributed by atoms with E-state index in [1.54, 1.807) is 36.3 Å². The third kappa shape index (κ3) is 6.48. The monoisotopic (exact) mass is 524 g/mol. The number of rotatable bonds is 14. The normalized spacial score (nSPS) is 16.8. The molecule has 1 unspecified atom stereocenters. The molecule has 206 valence electrons. The number of amides is 1. The zero-order chi connectivity index (χ0) is 27.7. The lowest BCUT2D eigenvalue weighted by atomic mass is 9.95. The summed E-state index contributed by atoms with van der Waals surface area (Å²) in [6, 6.07) is 11.5. The molecule has 0 aromatic heterocycles. The van der Waals surface area contributed by atoms with Crippen molar-refractivity contribution in [3.05, 3.63) is 59.2 Å². The van der Waals surface area contributed by atoms with Crippen molar-refractivity contribution in [2.24, 2.45) is 0 Å². The van der Waals surface area contributed by atoms with Crippen molar-refractivity contribution >= 4 is 17.4 Å². The first-order valence-electron chi connectivity index (χ1n) is 13.4. The molecule has 0 aliphatic carbocycles. The van der Waals surface area contributed by atoms with E-state index in [4.69, 9.17) is 14.2 Å². The average Bonchev–Trinajstić information content (AvgIpc) is 3.19. The van der Waals surface area contributed by atoms with Gasteiger partial charge in [0, 0.05) is 18.7 Å². The van der Waals surface area contributed by atoms with Gasteiger partial charge in [-0.25, -0.2) is 0 Å². The summed E-state index contributed by atoms with van der Waals surface area (Å²) in [6.07, 6.45) is 1.93. The lowest BCUT2D eigenvalue weighted by molar-refractivity contribution is -0.140. The van der Waals surface area contributed by atoms with Crippen LogP contribution in [0.1, 0.15) is 57.7 Å². The number of likely N-dealkylation sites (N-methyl/N-ethyl adjacent to an activating group) is 1. The number of benzene rings is 2. The van der Waals surface area contributed by atoms with Crippen LogP contribution in [0, 0.1) is 0 Å². The first-order chi connectivity index (χ1) is 18.4. The number of carbonyl (C=O) groups excluding carboxylic acids is 2. The van der Waals surface area contributed by atoms with Crippen LogP contribution in [0.3, 0.4) is 0 Å². The number of unbranched alkanes of at least 4 members (excludes halogenated alkanes) is 1. The molecule has 1 aliphatic rings. The molecule has 0 spiro atoms. The molecule has 8 heteroatoms. The minimum absolute atomic E-state index is 0.0572. The largest absolute Gasteiger partial charge is 0.507 e. The van der Waals surface area contributed by atoms with Gasteiger partial charge < -0.3 is 29.1 Å². The third-order valence-corrected chi connectivity index (χ3v) is 6.79. The number of methoxy groups -OCH3 is 1. The Morgan fingerprint density at radius 3 is 2.29 bits per heavy atom. The zero-order valence-corrected chi connectivity index (χ0v) is 23.2. The number of hydrogen-bond acceptors (Lipinski definition) is 7. The predicted molar refractivity (Wildman–Crippen MR) is 148 cm³/mol. The number of hydrogen-bond donors (Lipinski definition) is 1. The van der Waals surface area contributed by atoms with Crippen molar-refractivity contribution in [1.82, 2.24) is 9.80 Å². The SMILES string of the molecule is CCCCOc1ccc(C2C(=C(O)c3ccc(OC)cc3)C(=O)C(=O)N2CCN(CC)CC)cc1OCC. The minimum Gasteiger partial charge on any atom is -0.507 e. The highest BCUT2D eigenvalue weighted by atomic mass is 16.5. The summed E-state index contributed by atoms with van der Waals surface area (Å²) in [4.78, 5) is 30.4. The molecular weight excluding hydrogens is 484 g/mol. The number of ether oxygens (including phenoxy) is 3. The Morgan fingerprint density at radius 1 is 0.974 bits per heavy atom. The highest BCUT2D eigenvalue weighted by molar-refractivity contribution is 6.46. The molecule has 0 radical (unpaired) electrons. The number of ketones is 1. The molecule has 3 rings (SSSR count). The molecule has 1 saturated heterocycles. The molecule has 1 fully saturated rings.